The van der Waals surface area contributed by atoms with Crippen LogP contribution < -0.4 is 14.4 Å². The number of anilines is 1. The Bertz CT molecular complexity index is 1140. The number of sulfonamides is 1. The molecule has 8 nitrogen and oxygen atoms in total. The van der Waals surface area contributed by atoms with Crippen molar-refractivity contribution in [2.45, 2.75) is 45.7 Å². The standard InChI is InChI=1S/C25H33Cl2N3O5S/c1-5-14-28-25(32)18(2)29(17-19-8-10-20(26)11-9-19)24(31)7-6-15-30(36(4,33)34)21-12-13-23(35-3)22(27)16-21/h8-13,16,18H,5-7,14-15,17H2,1-4H3,(H,28,32)/t18-/m0/s1. The van der Waals surface area contributed by atoms with Gasteiger partial charge in [0.15, 0.2) is 0 Å². The van der Waals surface area contributed by atoms with Gasteiger partial charge in [0.25, 0.3) is 0 Å². The molecule has 0 aliphatic heterocycles. The third-order valence-corrected chi connectivity index (χ3v) is 7.30. The molecule has 0 bridgehead atoms. The Labute approximate surface area is 223 Å². The number of ether oxygens (including phenoxy) is 1. The molecule has 2 aromatic rings. The fourth-order valence-corrected chi connectivity index (χ4v) is 4.91. The first kappa shape index (κ1) is 29.7. The van der Waals surface area contributed by atoms with Gasteiger partial charge in [0, 0.05) is 31.1 Å². The number of methoxy groups -OCH3 is 1. The summed E-state index contributed by atoms with van der Waals surface area (Å²) in [5.41, 5.74) is 1.20. The van der Waals surface area contributed by atoms with Crippen LogP contribution in [0.5, 0.6) is 5.75 Å². The predicted molar refractivity (Wildman–Crippen MR) is 144 cm³/mol. The SMILES string of the molecule is CCCNC(=O)[C@H](C)N(Cc1ccc(Cl)cc1)C(=O)CCCN(c1ccc(OC)c(Cl)c1)S(C)(=O)=O. The monoisotopic (exact) mass is 557 g/mol. The molecule has 198 valence electrons. The predicted octanol–water partition coefficient (Wildman–Crippen LogP) is 4.49. The van der Waals surface area contributed by atoms with E-state index in [4.69, 9.17) is 27.9 Å². The van der Waals surface area contributed by atoms with Gasteiger partial charge in [0.2, 0.25) is 21.8 Å². The summed E-state index contributed by atoms with van der Waals surface area (Å²) < 4.78 is 31.3. The Hall–Kier alpha value is -2.49. The molecule has 0 spiro atoms. The zero-order valence-electron chi connectivity index (χ0n) is 21.0. The molecule has 0 unspecified atom stereocenters. The molecular formula is C25H33Cl2N3O5S. The number of rotatable bonds is 13. The smallest absolute Gasteiger partial charge is 0.242 e. The molecule has 36 heavy (non-hydrogen) atoms. The maximum Gasteiger partial charge on any atom is 0.242 e. The van der Waals surface area contributed by atoms with E-state index in [2.05, 4.69) is 5.32 Å². The molecule has 0 saturated heterocycles. The van der Waals surface area contributed by atoms with Crippen LogP contribution >= 0.6 is 23.2 Å². The lowest BCUT2D eigenvalue weighted by Gasteiger charge is -2.29. The first-order valence-corrected chi connectivity index (χ1v) is 14.2. The van der Waals surface area contributed by atoms with Crippen LogP contribution in [0.15, 0.2) is 42.5 Å². The quantitative estimate of drug-likeness (QED) is 0.391. The lowest BCUT2D eigenvalue weighted by molar-refractivity contribution is -0.140. The van der Waals surface area contributed by atoms with Crippen molar-refractivity contribution >= 4 is 50.7 Å². The molecule has 0 aliphatic rings. The molecule has 2 aromatic carbocycles. The zero-order valence-corrected chi connectivity index (χ0v) is 23.3. The molecule has 1 atom stereocenters. The Morgan fingerprint density at radius 1 is 1.11 bits per heavy atom. The number of hydrogen-bond donors (Lipinski definition) is 1. The molecule has 0 radical (unpaired) electrons. The highest BCUT2D eigenvalue weighted by atomic mass is 35.5. The summed E-state index contributed by atoms with van der Waals surface area (Å²) in [4.78, 5) is 27.4. The van der Waals surface area contributed by atoms with Gasteiger partial charge in [-0.1, -0.05) is 42.3 Å². The first-order valence-electron chi connectivity index (χ1n) is 11.6. The molecule has 2 rings (SSSR count). The van der Waals surface area contributed by atoms with Crippen molar-refractivity contribution in [3.63, 3.8) is 0 Å². The van der Waals surface area contributed by atoms with Crippen molar-refractivity contribution in [3.05, 3.63) is 58.1 Å². The average Bonchev–Trinajstić information content (AvgIpc) is 2.83. The molecule has 11 heteroatoms. The summed E-state index contributed by atoms with van der Waals surface area (Å²) in [7, 11) is -2.16. The van der Waals surface area contributed by atoms with Crippen molar-refractivity contribution in [1.82, 2.24) is 10.2 Å². The Kier molecular flexibility index (Phi) is 11.3. The maximum absolute atomic E-state index is 13.3. The van der Waals surface area contributed by atoms with E-state index in [0.29, 0.717) is 23.0 Å². The number of carbonyl (C=O) groups is 2. The van der Waals surface area contributed by atoms with Crippen LogP contribution in [0.1, 0.15) is 38.7 Å². The third kappa shape index (κ3) is 8.57. The van der Waals surface area contributed by atoms with Gasteiger partial charge in [-0.2, -0.15) is 0 Å². The zero-order chi connectivity index (χ0) is 26.9. The van der Waals surface area contributed by atoms with Crippen LogP contribution in [0.2, 0.25) is 10.0 Å². The van der Waals surface area contributed by atoms with Gasteiger partial charge in [-0.25, -0.2) is 8.42 Å². The van der Waals surface area contributed by atoms with Crippen LogP contribution in [0.4, 0.5) is 5.69 Å². The number of halogens is 2. The number of nitrogens with zero attached hydrogens (tertiary/aromatic N) is 2. The van der Waals surface area contributed by atoms with Crippen LogP contribution in [-0.4, -0.2) is 57.6 Å². The van der Waals surface area contributed by atoms with Gasteiger partial charge in [0.05, 0.1) is 24.1 Å². The van der Waals surface area contributed by atoms with Gasteiger partial charge < -0.3 is 15.0 Å². The molecule has 2 amide bonds. The second-order valence-corrected chi connectivity index (χ2v) is 11.1. The van der Waals surface area contributed by atoms with Crippen molar-refractivity contribution in [1.29, 1.82) is 0 Å². The minimum Gasteiger partial charge on any atom is -0.495 e. The van der Waals surface area contributed by atoms with Crippen LogP contribution in [-0.2, 0) is 26.2 Å². The van der Waals surface area contributed by atoms with Crippen LogP contribution in [0.25, 0.3) is 0 Å². The van der Waals surface area contributed by atoms with E-state index in [9.17, 15) is 18.0 Å². The minimum atomic E-state index is -3.63. The lowest BCUT2D eigenvalue weighted by atomic mass is 10.1. The van der Waals surface area contributed by atoms with E-state index in [1.807, 2.05) is 6.92 Å². The largest absolute Gasteiger partial charge is 0.495 e. The van der Waals surface area contributed by atoms with Crippen LogP contribution in [0.3, 0.4) is 0 Å². The summed E-state index contributed by atoms with van der Waals surface area (Å²) in [5, 5.41) is 3.68. The van der Waals surface area contributed by atoms with Crippen molar-refractivity contribution in [3.8, 4) is 5.75 Å². The Morgan fingerprint density at radius 2 is 1.78 bits per heavy atom. The number of nitrogens with one attached hydrogen (secondary N) is 1. The second-order valence-electron chi connectivity index (χ2n) is 8.37. The van der Waals surface area contributed by atoms with Gasteiger partial charge in [0.1, 0.15) is 11.8 Å². The molecular weight excluding hydrogens is 525 g/mol. The summed E-state index contributed by atoms with van der Waals surface area (Å²) in [6, 6.07) is 11.1. The van der Waals surface area contributed by atoms with E-state index >= 15 is 0 Å². The maximum atomic E-state index is 13.3. The molecule has 0 aromatic heterocycles. The molecule has 0 saturated carbocycles. The van der Waals surface area contributed by atoms with Gasteiger partial charge in [-0.05, 0) is 55.7 Å². The highest BCUT2D eigenvalue weighted by molar-refractivity contribution is 7.92. The van der Waals surface area contributed by atoms with E-state index in [1.165, 1.54) is 22.4 Å². The van der Waals surface area contributed by atoms with Gasteiger partial charge >= 0.3 is 0 Å². The van der Waals surface area contributed by atoms with Crippen molar-refractivity contribution in [2.24, 2.45) is 0 Å². The third-order valence-electron chi connectivity index (χ3n) is 5.56. The first-order chi connectivity index (χ1) is 17.0. The fourth-order valence-electron chi connectivity index (χ4n) is 3.58. The number of carbonyl (C=O) groups excluding carboxylic acids is 2. The second kappa shape index (κ2) is 13.7. The summed E-state index contributed by atoms with van der Waals surface area (Å²) >= 11 is 12.2. The fraction of sp³-hybridized carbons (Fsp3) is 0.440. The van der Waals surface area contributed by atoms with Gasteiger partial charge in [-0.15, -0.1) is 0 Å². The van der Waals surface area contributed by atoms with E-state index in [1.54, 1.807) is 43.3 Å². The number of amides is 2. The minimum absolute atomic E-state index is 0.0505. The summed E-state index contributed by atoms with van der Waals surface area (Å²) in [6.45, 7) is 4.44. The lowest BCUT2D eigenvalue weighted by Crippen LogP contribution is -2.47. The molecule has 1 N–H and O–H groups in total. The van der Waals surface area contributed by atoms with Crippen molar-refractivity contribution in [2.75, 3.05) is 30.8 Å². The summed E-state index contributed by atoms with van der Waals surface area (Å²) in [5.74, 6) is -0.0765. The van der Waals surface area contributed by atoms with E-state index < -0.39 is 16.1 Å². The molecule has 0 fully saturated rings. The Balaban J connectivity index is 2.17. The number of hydrogen-bond acceptors (Lipinski definition) is 5. The Morgan fingerprint density at radius 3 is 2.33 bits per heavy atom. The summed E-state index contributed by atoms with van der Waals surface area (Å²) in [6.07, 6.45) is 2.17. The normalized spacial score (nSPS) is 12.1. The van der Waals surface area contributed by atoms with E-state index in [0.717, 1.165) is 18.2 Å². The van der Waals surface area contributed by atoms with Crippen LogP contribution in [0, 0.1) is 0 Å². The topological polar surface area (TPSA) is 96.0 Å². The average molecular weight is 559 g/mol. The number of benzene rings is 2. The van der Waals surface area contributed by atoms with E-state index in [-0.39, 0.29) is 42.8 Å². The molecule has 0 heterocycles. The van der Waals surface area contributed by atoms with Crippen molar-refractivity contribution < 1.29 is 22.7 Å². The van der Waals surface area contributed by atoms with Gasteiger partial charge in [-0.3, -0.25) is 13.9 Å². The highest BCUT2D eigenvalue weighted by Crippen LogP contribution is 2.30. The molecule has 0 aliphatic carbocycles. The highest BCUT2D eigenvalue weighted by Gasteiger charge is 2.26.